The zero-order chi connectivity index (χ0) is 18.0. The molecule has 8 heteroatoms. The number of carbonyl (C=O) groups is 1. The molecule has 2 N–H and O–H groups in total. The van der Waals surface area contributed by atoms with E-state index in [0.717, 1.165) is 22.8 Å². The van der Waals surface area contributed by atoms with E-state index in [2.05, 4.69) is 6.58 Å². The minimum absolute atomic E-state index is 0.0810. The monoisotopic (exact) mass is 390 g/mol. The van der Waals surface area contributed by atoms with E-state index in [4.69, 9.17) is 14.5 Å². The Labute approximate surface area is 151 Å². The van der Waals surface area contributed by atoms with Crippen molar-refractivity contribution in [1.29, 1.82) is 0 Å². The van der Waals surface area contributed by atoms with Gasteiger partial charge in [-0.05, 0) is 18.1 Å². The zero-order valence-corrected chi connectivity index (χ0v) is 16.2. The smallest absolute Gasteiger partial charge is 0.333 e. The number of benzene rings is 1. The lowest BCUT2D eigenvalue weighted by Crippen LogP contribution is -2.07. The first-order valence-electron chi connectivity index (χ1n) is 7.38. The van der Waals surface area contributed by atoms with E-state index in [1.54, 1.807) is 18.7 Å². The van der Waals surface area contributed by atoms with Crippen LogP contribution in [-0.2, 0) is 25.6 Å². The number of esters is 1. The van der Waals surface area contributed by atoms with Gasteiger partial charge in [0.2, 0.25) is 0 Å². The molecule has 134 valence electrons. The van der Waals surface area contributed by atoms with Gasteiger partial charge in [0.25, 0.3) is 0 Å². The summed E-state index contributed by atoms with van der Waals surface area (Å²) in [4.78, 5) is 28.8. The van der Waals surface area contributed by atoms with Crippen molar-refractivity contribution in [2.24, 2.45) is 0 Å². The number of thioether (sulfide) groups is 2. The van der Waals surface area contributed by atoms with Crippen LogP contribution in [0.25, 0.3) is 0 Å². The molecule has 1 rings (SSSR count). The van der Waals surface area contributed by atoms with Crippen molar-refractivity contribution in [2.45, 2.75) is 18.4 Å². The summed E-state index contributed by atoms with van der Waals surface area (Å²) in [6.07, 6.45) is -0.0810. The van der Waals surface area contributed by atoms with Crippen LogP contribution in [0.4, 0.5) is 0 Å². The maximum absolute atomic E-state index is 11.2. The van der Waals surface area contributed by atoms with Crippen LogP contribution < -0.4 is 0 Å². The summed E-state index contributed by atoms with van der Waals surface area (Å²) in [5.41, 5.74) is 2.74. The molecule has 0 saturated carbocycles. The minimum atomic E-state index is -3.88. The van der Waals surface area contributed by atoms with Gasteiger partial charge in [-0.1, -0.05) is 30.8 Å². The van der Waals surface area contributed by atoms with E-state index < -0.39 is 7.60 Å². The topological polar surface area (TPSA) is 83.8 Å². The molecule has 0 heterocycles. The van der Waals surface area contributed by atoms with Crippen LogP contribution in [-0.4, -0.2) is 40.0 Å². The molecular weight excluding hydrogens is 367 g/mol. The van der Waals surface area contributed by atoms with Crippen molar-refractivity contribution in [3.05, 3.63) is 47.5 Å². The Morgan fingerprint density at radius 2 is 1.62 bits per heavy atom. The molecule has 0 aliphatic heterocycles. The first-order chi connectivity index (χ1) is 11.3. The SMILES string of the molecule is C=C(C)C(=O)OCCSCc1ccc(CSCCP(=O)(O)O)cc1. The highest BCUT2D eigenvalue weighted by Crippen LogP contribution is 2.35. The molecule has 24 heavy (non-hydrogen) atoms. The second kappa shape index (κ2) is 11.0. The maximum Gasteiger partial charge on any atom is 0.333 e. The van der Waals surface area contributed by atoms with Crippen molar-refractivity contribution in [3.8, 4) is 0 Å². The van der Waals surface area contributed by atoms with Crippen LogP contribution >= 0.6 is 31.1 Å². The molecule has 1 aromatic rings. The van der Waals surface area contributed by atoms with E-state index in [1.807, 2.05) is 24.3 Å². The maximum atomic E-state index is 11.2. The van der Waals surface area contributed by atoms with Gasteiger partial charge in [0.05, 0.1) is 6.16 Å². The summed E-state index contributed by atoms with van der Waals surface area (Å²) in [5.74, 6) is 2.42. The Morgan fingerprint density at radius 1 is 1.12 bits per heavy atom. The molecule has 0 amide bonds. The third-order valence-corrected chi connectivity index (χ3v) is 6.03. The Hall–Kier alpha value is -0.720. The molecule has 0 spiro atoms. The van der Waals surface area contributed by atoms with Crippen LogP contribution in [0.2, 0.25) is 0 Å². The highest BCUT2D eigenvalue weighted by Gasteiger charge is 2.11. The minimum Gasteiger partial charge on any atom is -0.461 e. The van der Waals surface area contributed by atoms with Gasteiger partial charge in [-0.3, -0.25) is 4.57 Å². The Kier molecular flexibility index (Phi) is 9.78. The highest BCUT2D eigenvalue weighted by atomic mass is 32.2. The number of hydrogen-bond donors (Lipinski definition) is 2. The number of hydrogen-bond acceptors (Lipinski definition) is 5. The van der Waals surface area contributed by atoms with Crippen LogP contribution in [0.1, 0.15) is 18.1 Å². The third-order valence-electron chi connectivity index (χ3n) is 2.90. The molecule has 0 unspecified atom stereocenters. The van der Waals surface area contributed by atoms with Crippen LogP contribution in [0.15, 0.2) is 36.4 Å². The lowest BCUT2D eigenvalue weighted by molar-refractivity contribution is -0.138. The van der Waals surface area contributed by atoms with Crippen LogP contribution in [0.5, 0.6) is 0 Å². The van der Waals surface area contributed by atoms with E-state index in [1.165, 1.54) is 17.3 Å². The molecule has 0 aliphatic carbocycles. The lowest BCUT2D eigenvalue weighted by atomic mass is 10.2. The second-order valence-corrected chi connectivity index (χ2v) is 9.21. The molecule has 0 atom stereocenters. The molecule has 0 fully saturated rings. The lowest BCUT2D eigenvalue weighted by Gasteiger charge is -2.06. The first kappa shape index (κ1) is 21.3. The molecule has 0 aromatic heterocycles. The first-order valence-corrected chi connectivity index (χ1v) is 11.5. The van der Waals surface area contributed by atoms with Crippen LogP contribution in [0, 0.1) is 0 Å². The van der Waals surface area contributed by atoms with E-state index in [9.17, 15) is 9.36 Å². The van der Waals surface area contributed by atoms with Gasteiger partial charge in [-0.15, -0.1) is 0 Å². The Balaban J connectivity index is 2.19. The quantitative estimate of drug-likeness (QED) is 0.259. The fourth-order valence-electron chi connectivity index (χ4n) is 1.61. The molecule has 0 saturated heterocycles. The predicted molar refractivity (Wildman–Crippen MR) is 101 cm³/mol. The van der Waals surface area contributed by atoms with Gasteiger partial charge in [-0.2, -0.15) is 23.5 Å². The summed E-state index contributed by atoms with van der Waals surface area (Å²) in [5, 5.41) is 0. The molecular formula is C16H23O5PS2. The average Bonchev–Trinajstić information content (AvgIpc) is 2.51. The van der Waals surface area contributed by atoms with E-state index >= 15 is 0 Å². The average molecular weight is 390 g/mol. The predicted octanol–water partition coefficient (Wildman–Crippen LogP) is 3.45. The van der Waals surface area contributed by atoms with Gasteiger partial charge in [0.1, 0.15) is 6.61 Å². The number of carbonyl (C=O) groups excluding carboxylic acids is 1. The van der Waals surface area contributed by atoms with Crippen LogP contribution in [0.3, 0.4) is 0 Å². The van der Waals surface area contributed by atoms with Gasteiger partial charge in [0.15, 0.2) is 0 Å². The zero-order valence-electron chi connectivity index (χ0n) is 13.6. The fourth-order valence-corrected chi connectivity index (χ4v) is 4.43. The van der Waals surface area contributed by atoms with Crippen molar-refractivity contribution in [3.63, 3.8) is 0 Å². The summed E-state index contributed by atoms with van der Waals surface area (Å²) in [6, 6.07) is 8.15. The van der Waals surface area contributed by atoms with Crippen molar-refractivity contribution in [2.75, 3.05) is 24.3 Å². The van der Waals surface area contributed by atoms with Gasteiger partial charge < -0.3 is 14.5 Å². The molecule has 0 bridgehead atoms. The highest BCUT2D eigenvalue weighted by molar-refractivity contribution is 7.98. The third kappa shape index (κ3) is 10.2. The summed E-state index contributed by atoms with van der Waals surface area (Å²) < 4.78 is 15.8. The molecule has 5 nitrogen and oxygen atoms in total. The normalized spacial score (nSPS) is 11.3. The summed E-state index contributed by atoms with van der Waals surface area (Å²) in [6.45, 7) is 5.53. The molecule has 0 radical (unpaired) electrons. The van der Waals surface area contributed by atoms with Gasteiger partial charge in [-0.25, -0.2) is 4.79 Å². The standard InChI is InChI=1S/C16H23O5PS2/c1-13(2)16(17)21-7-9-23-11-14-3-5-15(6-4-14)12-24-10-8-22(18,19)20/h3-6H,1,7-12H2,2H3,(H2,18,19,20). The Morgan fingerprint density at radius 3 is 2.08 bits per heavy atom. The summed E-state index contributed by atoms with van der Waals surface area (Å²) >= 11 is 3.21. The molecule has 1 aromatic carbocycles. The molecule has 0 aliphatic rings. The summed E-state index contributed by atoms with van der Waals surface area (Å²) in [7, 11) is -3.88. The second-order valence-electron chi connectivity index (χ2n) is 5.23. The van der Waals surface area contributed by atoms with E-state index in [-0.39, 0.29) is 12.1 Å². The number of ether oxygens (including phenoxy) is 1. The van der Waals surface area contributed by atoms with Crippen molar-refractivity contribution >= 4 is 37.1 Å². The van der Waals surface area contributed by atoms with Crippen molar-refractivity contribution < 1.29 is 23.9 Å². The van der Waals surface area contributed by atoms with E-state index in [0.29, 0.717) is 17.9 Å². The largest absolute Gasteiger partial charge is 0.461 e. The van der Waals surface area contributed by atoms with Gasteiger partial charge in [0, 0.05) is 28.6 Å². The Bertz CT molecular complexity index is 583. The fraction of sp³-hybridized carbons (Fsp3) is 0.438. The number of rotatable bonds is 11. The van der Waals surface area contributed by atoms with Crippen molar-refractivity contribution in [1.82, 2.24) is 0 Å². The van der Waals surface area contributed by atoms with Gasteiger partial charge >= 0.3 is 13.6 Å².